The van der Waals surface area contributed by atoms with E-state index in [9.17, 15) is 9.59 Å². The van der Waals surface area contributed by atoms with Crippen LogP contribution >= 0.6 is 11.3 Å². The summed E-state index contributed by atoms with van der Waals surface area (Å²) in [5, 5.41) is 7.75. The number of ether oxygens (including phenoxy) is 1. The van der Waals surface area contributed by atoms with E-state index >= 15 is 0 Å². The van der Waals surface area contributed by atoms with Gasteiger partial charge in [-0.15, -0.1) is 11.3 Å². The van der Waals surface area contributed by atoms with Gasteiger partial charge in [0.15, 0.2) is 5.13 Å². The minimum absolute atomic E-state index is 0.101. The number of aryl methyl sites for hydroxylation is 1. The molecule has 0 bridgehead atoms. The molecule has 0 spiro atoms. The van der Waals surface area contributed by atoms with Gasteiger partial charge >= 0.3 is 0 Å². The maximum absolute atomic E-state index is 12.4. The third-order valence-electron chi connectivity index (χ3n) is 3.98. The molecule has 29 heavy (non-hydrogen) atoms. The van der Waals surface area contributed by atoms with Gasteiger partial charge in [0.2, 0.25) is 11.8 Å². The first kappa shape index (κ1) is 20.3. The highest BCUT2D eigenvalue weighted by atomic mass is 32.1. The Bertz CT molecular complexity index is 1030. The molecule has 0 saturated carbocycles. The number of hydrogen-bond acceptors (Lipinski definition) is 5. The van der Waals surface area contributed by atoms with Crippen molar-refractivity contribution < 1.29 is 14.3 Å². The first-order chi connectivity index (χ1) is 14.0. The molecule has 0 aliphatic rings. The molecule has 6 nitrogen and oxygen atoms in total. The molecule has 0 radical (unpaired) electrons. The van der Waals surface area contributed by atoms with Crippen LogP contribution in [0.4, 0.5) is 10.8 Å². The molecule has 0 atom stereocenters. The van der Waals surface area contributed by atoms with E-state index in [1.54, 1.807) is 18.6 Å². The fourth-order valence-corrected chi connectivity index (χ4v) is 3.32. The number of benzene rings is 2. The third kappa shape index (κ3) is 6.02. The van der Waals surface area contributed by atoms with Gasteiger partial charge in [-0.25, -0.2) is 4.98 Å². The monoisotopic (exact) mass is 407 g/mol. The highest BCUT2D eigenvalue weighted by molar-refractivity contribution is 7.14. The SMILES string of the molecule is COc1ccc(C)cc1NC(=O)Cc1csc(NC(=O)/C=C/c2ccccc2)n1. The van der Waals surface area contributed by atoms with Crippen molar-refractivity contribution in [2.75, 3.05) is 17.7 Å². The Balaban J connectivity index is 1.56. The van der Waals surface area contributed by atoms with Crippen LogP contribution in [-0.2, 0) is 16.0 Å². The van der Waals surface area contributed by atoms with Crippen molar-refractivity contribution in [3.05, 3.63) is 76.8 Å². The number of carbonyl (C=O) groups is 2. The van der Waals surface area contributed by atoms with Crippen molar-refractivity contribution in [2.24, 2.45) is 0 Å². The van der Waals surface area contributed by atoms with Gasteiger partial charge in [0.05, 0.1) is 24.9 Å². The Labute approximate surface area is 173 Å². The first-order valence-electron chi connectivity index (χ1n) is 8.96. The lowest BCUT2D eigenvalue weighted by molar-refractivity contribution is -0.115. The standard InChI is InChI=1S/C22H21N3O3S/c1-15-8-10-19(28-2)18(12-15)24-21(27)13-17-14-29-22(23-17)25-20(26)11-9-16-6-4-3-5-7-16/h3-12,14H,13H2,1-2H3,(H,24,27)(H,23,25,26)/b11-9+. The van der Waals surface area contributed by atoms with Crippen molar-refractivity contribution in [3.8, 4) is 5.75 Å². The number of carbonyl (C=O) groups excluding carboxylic acids is 2. The Morgan fingerprint density at radius 3 is 2.69 bits per heavy atom. The summed E-state index contributed by atoms with van der Waals surface area (Å²) in [6.07, 6.45) is 3.28. The number of methoxy groups -OCH3 is 1. The smallest absolute Gasteiger partial charge is 0.250 e. The summed E-state index contributed by atoms with van der Waals surface area (Å²) in [7, 11) is 1.56. The minimum Gasteiger partial charge on any atom is -0.495 e. The van der Waals surface area contributed by atoms with Gasteiger partial charge in [0.1, 0.15) is 5.75 Å². The van der Waals surface area contributed by atoms with E-state index < -0.39 is 0 Å². The third-order valence-corrected chi connectivity index (χ3v) is 4.79. The average Bonchev–Trinajstić information content (AvgIpc) is 3.14. The zero-order valence-corrected chi connectivity index (χ0v) is 17.0. The van der Waals surface area contributed by atoms with Gasteiger partial charge in [-0.1, -0.05) is 36.4 Å². The second kappa shape index (κ2) is 9.66. The molecule has 148 valence electrons. The largest absolute Gasteiger partial charge is 0.495 e. The summed E-state index contributed by atoms with van der Waals surface area (Å²) < 4.78 is 5.27. The molecule has 3 rings (SSSR count). The van der Waals surface area contributed by atoms with Crippen molar-refractivity contribution in [2.45, 2.75) is 13.3 Å². The summed E-state index contributed by atoms with van der Waals surface area (Å²) in [6, 6.07) is 15.1. The fraction of sp³-hybridized carbons (Fsp3) is 0.136. The molecule has 1 aromatic heterocycles. The Kier molecular flexibility index (Phi) is 6.76. The molecule has 7 heteroatoms. The zero-order chi connectivity index (χ0) is 20.6. The molecule has 0 unspecified atom stereocenters. The molecule has 0 aliphatic carbocycles. The second-order valence-electron chi connectivity index (χ2n) is 6.31. The van der Waals surface area contributed by atoms with Gasteiger partial charge < -0.3 is 10.1 Å². The van der Waals surface area contributed by atoms with Crippen LogP contribution in [0, 0.1) is 6.92 Å². The lowest BCUT2D eigenvalue weighted by Gasteiger charge is -2.10. The summed E-state index contributed by atoms with van der Waals surface area (Å²) in [4.78, 5) is 28.7. The number of aromatic nitrogens is 1. The second-order valence-corrected chi connectivity index (χ2v) is 7.16. The number of nitrogens with one attached hydrogen (secondary N) is 2. The zero-order valence-electron chi connectivity index (χ0n) is 16.1. The lowest BCUT2D eigenvalue weighted by Crippen LogP contribution is -2.15. The van der Waals surface area contributed by atoms with E-state index in [1.807, 2.05) is 55.5 Å². The average molecular weight is 407 g/mol. The van der Waals surface area contributed by atoms with E-state index in [2.05, 4.69) is 15.6 Å². The maximum Gasteiger partial charge on any atom is 0.250 e. The topological polar surface area (TPSA) is 80.3 Å². The molecule has 1 heterocycles. The molecule has 2 amide bonds. The summed E-state index contributed by atoms with van der Waals surface area (Å²) >= 11 is 1.28. The Hall–Kier alpha value is -3.45. The molecule has 0 fully saturated rings. The van der Waals surface area contributed by atoms with E-state index in [1.165, 1.54) is 17.4 Å². The normalized spacial score (nSPS) is 10.7. The predicted molar refractivity (Wildman–Crippen MR) is 116 cm³/mol. The molecule has 0 aliphatic heterocycles. The summed E-state index contributed by atoms with van der Waals surface area (Å²) in [5.74, 6) is 0.116. The van der Waals surface area contributed by atoms with Crippen LogP contribution in [0.25, 0.3) is 6.08 Å². The van der Waals surface area contributed by atoms with Crippen LogP contribution in [-0.4, -0.2) is 23.9 Å². The van der Waals surface area contributed by atoms with Crippen LogP contribution in [0.5, 0.6) is 5.75 Å². The number of thiazole rings is 1. The number of rotatable bonds is 7. The molecule has 2 aromatic carbocycles. The maximum atomic E-state index is 12.4. The molecule has 3 aromatic rings. The van der Waals surface area contributed by atoms with Crippen molar-refractivity contribution in [1.29, 1.82) is 0 Å². The number of anilines is 2. The van der Waals surface area contributed by atoms with Gasteiger partial charge in [-0.05, 0) is 36.3 Å². The van der Waals surface area contributed by atoms with E-state index in [4.69, 9.17) is 4.74 Å². The summed E-state index contributed by atoms with van der Waals surface area (Å²) in [6.45, 7) is 1.94. The lowest BCUT2D eigenvalue weighted by atomic mass is 10.2. The van der Waals surface area contributed by atoms with E-state index in [0.29, 0.717) is 22.3 Å². The molecular weight excluding hydrogens is 386 g/mol. The fourth-order valence-electron chi connectivity index (χ4n) is 2.61. The van der Waals surface area contributed by atoms with Crippen molar-refractivity contribution >= 4 is 40.0 Å². The molecule has 0 saturated heterocycles. The Morgan fingerprint density at radius 1 is 1.14 bits per heavy atom. The molecule has 2 N–H and O–H groups in total. The number of nitrogens with zero attached hydrogens (tertiary/aromatic N) is 1. The predicted octanol–water partition coefficient (Wildman–Crippen LogP) is 4.29. The quantitative estimate of drug-likeness (QED) is 0.573. The van der Waals surface area contributed by atoms with Gasteiger partial charge in [0, 0.05) is 11.5 Å². The van der Waals surface area contributed by atoms with E-state index in [-0.39, 0.29) is 18.2 Å². The Morgan fingerprint density at radius 2 is 1.93 bits per heavy atom. The van der Waals surface area contributed by atoms with Crippen molar-refractivity contribution in [1.82, 2.24) is 4.98 Å². The molecular formula is C22H21N3O3S. The highest BCUT2D eigenvalue weighted by Gasteiger charge is 2.12. The van der Waals surface area contributed by atoms with Crippen molar-refractivity contribution in [3.63, 3.8) is 0 Å². The van der Waals surface area contributed by atoms with Gasteiger partial charge in [0.25, 0.3) is 0 Å². The van der Waals surface area contributed by atoms with Crippen LogP contribution < -0.4 is 15.4 Å². The van der Waals surface area contributed by atoms with Gasteiger partial charge in [-0.3, -0.25) is 14.9 Å². The minimum atomic E-state index is -0.274. The summed E-state index contributed by atoms with van der Waals surface area (Å²) in [5.41, 5.74) is 3.16. The van der Waals surface area contributed by atoms with Crippen LogP contribution in [0.2, 0.25) is 0 Å². The highest BCUT2D eigenvalue weighted by Crippen LogP contribution is 2.25. The van der Waals surface area contributed by atoms with Crippen LogP contribution in [0.3, 0.4) is 0 Å². The van der Waals surface area contributed by atoms with E-state index in [0.717, 1.165) is 11.1 Å². The number of hydrogen-bond donors (Lipinski definition) is 2. The first-order valence-corrected chi connectivity index (χ1v) is 9.84. The van der Waals surface area contributed by atoms with Crippen LogP contribution in [0.15, 0.2) is 60.0 Å². The van der Waals surface area contributed by atoms with Gasteiger partial charge in [-0.2, -0.15) is 0 Å². The van der Waals surface area contributed by atoms with Crippen LogP contribution in [0.1, 0.15) is 16.8 Å². The number of amides is 2.